The van der Waals surface area contributed by atoms with E-state index in [1.54, 1.807) is 4.90 Å². The Morgan fingerprint density at radius 2 is 1.94 bits per heavy atom. The van der Waals surface area contributed by atoms with Gasteiger partial charge in [-0.25, -0.2) is 4.98 Å². The first kappa shape index (κ1) is 21.0. The maximum atomic E-state index is 13.0. The van der Waals surface area contributed by atoms with Gasteiger partial charge in [0.25, 0.3) is 0 Å². The number of amides is 3. The Kier molecular flexibility index (Phi) is 5.60. The van der Waals surface area contributed by atoms with Crippen molar-refractivity contribution in [1.82, 2.24) is 9.88 Å². The molecule has 7 nitrogen and oxygen atoms in total. The molecule has 1 atom stereocenters. The highest BCUT2D eigenvalue weighted by Crippen LogP contribution is 2.36. The van der Waals surface area contributed by atoms with Crippen molar-refractivity contribution in [3.05, 3.63) is 48.0 Å². The molecule has 9 heteroatoms. The number of aromatic nitrogens is 1. The number of thioether (sulfide) groups is 1. The van der Waals surface area contributed by atoms with Crippen molar-refractivity contribution in [3.8, 4) is 0 Å². The Bertz CT molecular complexity index is 1220. The molecule has 3 heterocycles. The summed E-state index contributed by atoms with van der Waals surface area (Å²) in [6.45, 7) is 2.95. The molecule has 0 saturated carbocycles. The second-order valence-electron chi connectivity index (χ2n) is 8.06. The molecule has 0 radical (unpaired) electrons. The van der Waals surface area contributed by atoms with Crippen LogP contribution in [0.15, 0.2) is 47.4 Å². The third-order valence-corrected chi connectivity index (χ3v) is 8.00. The third-order valence-electron chi connectivity index (χ3n) is 5.80. The lowest BCUT2D eigenvalue weighted by molar-refractivity contribution is -0.136. The largest absolute Gasteiger partial charge is 0.341 e. The van der Waals surface area contributed by atoms with E-state index < -0.39 is 5.25 Å². The zero-order valence-electron chi connectivity index (χ0n) is 17.5. The van der Waals surface area contributed by atoms with Gasteiger partial charge in [0, 0.05) is 23.9 Å². The van der Waals surface area contributed by atoms with Crippen molar-refractivity contribution in [2.45, 2.75) is 29.9 Å². The summed E-state index contributed by atoms with van der Waals surface area (Å²) in [5, 5.41) is 5.57. The van der Waals surface area contributed by atoms with Crippen LogP contribution in [0.4, 0.5) is 10.8 Å². The third kappa shape index (κ3) is 4.10. The number of hydrogen-bond donors (Lipinski definition) is 2. The van der Waals surface area contributed by atoms with E-state index in [1.807, 2.05) is 43.3 Å². The molecule has 2 aliphatic heterocycles. The van der Waals surface area contributed by atoms with Crippen LogP contribution in [-0.4, -0.2) is 45.9 Å². The molecule has 2 aliphatic rings. The first-order valence-corrected chi connectivity index (χ1v) is 12.2. The van der Waals surface area contributed by atoms with Gasteiger partial charge in [0.1, 0.15) is 0 Å². The van der Waals surface area contributed by atoms with Crippen LogP contribution < -0.4 is 10.6 Å². The zero-order chi connectivity index (χ0) is 22.2. The van der Waals surface area contributed by atoms with Gasteiger partial charge < -0.3 is 15.5 Å². The van der Waals surface area contributed by atoms with Gasteiger partial charge in [0.2, 0.25) is 17.7 Å². The fourth-order valence-electron chi connectivity index (χ4n) is 4.03. The predicted molar refractivity (Wildman–Crippen MR) is 127 cm³/mol. The number of rotatable bonds is 3. The van der Waals surface area contributed by atoms with Crippen LogP contribution in [0.1, 0.15) is 18.4 Å². The first-order valence-electron chi connectivity index (χ1n) is 10.5. The SMILES string of the molecule is Cc1ccc2nc(NC(=O)C3CCN(C(=O)[C@H]4Sc5ccccc5NC4=O)CC3)sc2c1. The molecule has 1 aromatic heterocycles. The number of aryl methyl sites for hydroxylation is 1. The van der Waals surface area contributed by atoms with E-state index in [9.17, 15) is 14.4 Å². The molecule has 32 heavy (non-hydrogen) atoms. The smallest absolute Gasteiger partial charge is 0.247 e. The number of carbonyl (C=O) groups excluding carboxylic acids is 3. The van der Waals surface area contributed by atoms with Crippen molar-refractivity contribution >= 4 is 61.9 Å². The predicted octanol–water partition coefficient (Wildman–Crippen LogP) is 3.89. The maximum Gasteiger partial charge on any atom is 0.247 e. The number of nitrogens with zero attached hydrogens (tertiary/aromatic N) is 2. The van der Waals surface area contributed by atoms with E-state index in [-0.39, 0.29) is 23.6 Å². The Morgan fingerprint density at radius 3 is 2.75 bits per heavy atom. The number of hydrogen-bond acceptors (Lipinski definition) is 6. The average molecular weight is 467 g/mol. The van der Waals surface area contributed by atoms with E-state index in [2.05, 4.69) is 21.7 Å². The van der Waals surface area contributed by atoms with Crippen molar-refractivity contribution in [2.75, 3.05) is 23.7 Å². The fraction of sp³-hybridized carbons (Fsp3) is 0.304. The first-order chi connectivity index (χ1) is 15.5. The van der Waals surface area contributed by atoms with Crippen LogP contribution in [0.2, 0.25) is 0 Å². The van der Waals surface area contributed by atoms with Crippen LogP contribution in [0.3, 0.4) is 0 Å². The summed E-state index contributed by atoms with van der Waals surface area (Å²) in [5.74, 6) is -0.722. The lowest BCUT2D eigenvalue weighted by atomic mass is 9.95. The molecule has 5 rings (SSSR count). The quantitative estimate of drug-likeness (QED) is 0.572. The van der Waals surface area contributed by atoms with E-state index in [0.29, 0.717) is 31.1 Å². The van der Waals surface area contributed by atoms with Crippen molar-refractivity contribution in [2.24, 2.45) is 5.92 Å². The number of benzene rings is 2. The molecule has 3 aromatic rings. The number of carbonyl (C=O) groups is 3. The van der Waals surface area contributed by atoms with Gasteiger partial charge in [0.15, 0.2) is 10.4 Å². The van der Waals surface area contributed by atoms with Crippen molar-refractivity contribution < 1.29 is 14.4 Å². The van der Waals surface area contributed by atoms with Gasteiger partial charge in [0.05, 0.1) is 15.9 Å². The summed E-state index contributed by atoms with van der Waals surface area (Å²) < 4.78 is 1.05. The molecule has 0 spiro atoms. The molecular weight excluding hydrogens is 444 g/mol. The van der Waals surface area contributed by atoms with Crippen LogP contribution in [-0.2, 0) is 14.4 Å². The van der Waals surface area contributed by atoms with Crippen molar-refractivity contribution in [3.63, 3.8) is 0 Å². The minimum Gasteiger partial charge on any atom is -0.341 e. The molecule has 0 unspecified atom stereocenters. The minimum atomic E-state index is -0.790. The molecular formula is C23H22N4O3S2. The minimum absolute atomic E-state index is 0.0633. The number of fused-ring (bicyclic) bond motifs is 2. The summed E-state index contributed by atoms with van der Waals surface area (Å²) in [6, 6.07) is 13.5. The summed E-state index contributed by atoms with van der Waals surface area (Å²) >= 11 is 2.76. The van der Waals surface area contributed by atoms with E-state index in [1.165, 1.54) is 23.1 Å². The molecule has 1 saturated heterocycles. The molecule has 1 fully saturated rings. The Balaban J connectivity index is 1.18. The number of para-hydroxylation sites is 1. The van der Waals surface area contributed by atoms with E-state index in [0.717, 1.165) is 26.4 Å². The zero-order valence-corrected chi connectivity index (χ0v) is 19.1. The summed E-state index contributed by atoms with van der Waals surface area (Å²) in [7, 11) is 0. The lowest BCUT2D eigenvalue weighted by Crippen LogP contribution is -2.48. The molecule has 0 aliphatic carbocycles. The van der Waals surface area contributed by atoms with Crippen LogP contribution in [0.5, 0.6) is 0 Å². The van der Waals surface area contributed by atoms with E-state index >= 15 is 0 Å². The summed E-state index contributed by atoms with van der Waals surface area (Å²) in [5.41, 5.74) is 2.78. The average Bonchev–Trinajstić information content (AvgIpc) is 3.19. The summed E-state index contributed by atoms with van der Waals surface area (Å²) in [4.78, 5) is 45.3. The highest BCUT2D eigenvalue weighted by atomic mass is 32.2. The number of thiazole rings is 1. The van der Waals surface area contributed by atoms with Crippen LogP contribution in [0, 0.1) is 12.8 Å². The monoisotopic (exact) mass is 466 g/mol. The molecule has 0 bridgehead atoms. The second kappa shape index (κ2) is 8.55. The fourth-order valence-corrected chi connectivity index (χ4v) is 6.07. The standard InChI is InChI=1S/C23H22N4O3S2/c1-13-6-7-16-18(12-13)32-23(25-16)26-20(28)14-8-10-27(11-9-14)22(30)19-21(29)24-15-4-2-3-5-17(15)31-19/h2-7,12,14,19H,8-11H2,1H3,(H,24,29)(H,25,26,28)/t19-/m0/s1. The van der Waals surface area contributed by atoms with Gasteiger partial charge in [-0.05, 0) is 49.6 Å². The number of likely N-dealkylation sites (tertiary alicyclic amines) is 1. The second-order valence-corrected chi connectivity index (χ2v) is 10.2. The van der Waals surface area contributed by atoms with Crippen LogP contribution >= 0.6 is 23.1 Å². The highest BCUT2D eigenvalue weighted by molar-refractivity contribution is 8.01. The normalized spacial score (nSPS) is 18.8. The van der Waals surface area contributed by atoms with Crippen molar-refractivity contribution in [1.29, 1.82) is 0 Å². The Hall–Kier alpha value is -2.91. The highest BCUT2D eigenvalue weighted by Gasteiger charge is 2.37. The summed E-state index contributed by atoms with van der Waals surface area (Å²) in [6.07, 6.45) is 1.13. The number of anilines is 2. The van der Waals surface area contributed by atoms with Crippen LogP contribution in [0.25, 0.3) is 10.2 Å². The topological polar surface area (TPSA) is 91.4 Å². The molecule has 164 valence electrons. The Labute approximate surface area is 193 Å². The van der Waals surface area contributed by atoms with E-state index in [4.69, 9.17) is 0 Å². The molecule has 3 amide bonds. The molecule has 2 N–H and O–H groups in total. The molecule has 2 aromatic carbocycles. The van der Waals surface area contributed by atoms with Gasteiger partial charge in [-0.2, -0.15) is 0 Å². The van der Waals surface area contributed by atoms with Gasteiger partial charge in [-0.3, -0.25) is 14.4 Å². The van der Waals surface area contributed by atoms with Gasteiger partial charge >= 0.3 is 0 Å². The van der Waals surface area contributed by atoms with Gasteiger partial charge in [-0.15, -0.1) is 11.8 Å². The maximum absolute atomic E-state index is 13.0. The number of piperidine rings is 1. The lowest BCUT2D eigenvalue weighted by Gasteiger charge is -2.34. The Morgan fingerprint density at radius 1 is 1.16 bits per heavy atom. The van der Waals surface area contributed by atoms with Gasteiger partial charge in [-0.1, -0.05) is 29.5 Å². The number of nitrogens with one attached hydrogen (secondary N) is 2.